The van der Waals surface area contributed by atoms with Crippen LogP contribution in [0.4, 0.5) is 0 Å². The molecule has 0 aromatic carbocycles. The van der Waals surface area contributed by atoms with E-state index in [-0.39, 0.29) is 5.79 Å². The highest BCUT2D eigenvalue weighted by molar-refractivity contribution is 7.10. The van der Waals surface area contributed by atoms with Gasteiger partial charge in [0, 0.05) is 0 Å². The van der Waals surface area contributed by atoms with E-state index in [2.05, 4.69) is 74.5 Å². The van der Waals surface area contributed by atoms with Crippen LogP contribution in [0, 0.1) is 0 Å². The largest absolute Gasteiger partial charge is 0.274 e. The topological polar surface area (TPSA) is 9.72 Å². The molecule has 0 fully saturated rings. The monoisotopic (exact) mass is 227 g/mol. The minimum atomic E-state index is -0.159. The predicted octanol–water partition coefficient (Wildman–Crippen LogP) is 1.54. The lowest BCUT2D eigenvalue weighted by Crippen LogP contribution is -2.60. The summed E-state index contributed by atoms with van der Waals surface area (Å²) in [5, 5.41) is 2.13. The van der Waals surface area contributed by atoms with Gasteiger partial charge in [0.2, 0.25) is 0 Å². The van der Waals surface area contributed by atoms with E-state index in [9.17, 15) is 0 Å². The Labute approximate surface area is 96.9 Å². The zero-order valence-electron chi connectivity index (χ0n) is 10.5. The fraction of sp³-hybridized carbons (Fsp3) is 0.636. The summed E-state index contributed by atoms with van der Waals surface area (Å²) in [4.78, 5) is 8.04. The van der Waals surface area contributed by atoms with Crippen LogP contribution in [0.25, 0.3) is 0 Å². The Bertz CT molecular complexity index is 269. The summed E-state index contributed by atoms with van der Waals surface area (Å²) in [7, 11) is 12.7. The van der Waals surface area contributed by atoms with Crippen molar-refractivity contribution >= 4 is 11.3 Å². The molecule has 0 amide bonds. The second-order valence-electron chi connectivity index (χ2n) is 4.30. The Kier molecular flexibility index (Phi) is 3.89. The van der Waals surface area contributed by atoms with Crippen molar-refractivity contribution in [3.63, 3.8) is 0 Å². The number of thiophene rings is 1. The van der Waals surface area contributed by atoms with Crippen molar-refractivity contribution in [3.05, 3.63) is 22.4 Å². The summed E-state index contributed by atoms with van der Waals surface area (Å²) >= 11 is 1.79. The summed E-state index contributed by atoms with van der Waals surface area (Å²) in [6.45, 7) is 0. The van der Waals surface area contributed by atoms with Gasteiger partial charge < -0.3 is 0 Å². The molecule has 86 valence electrons. The minimum absolute atomic E-state index is 0.159. The van der Waals surface area contributed by atoms with Crippen LogP contribution in [0.15, 0.2) is 17.5 Å². The van der Waals surface area contributed by atoms with Crippen molar-refractivity contribution in [2.24, 2.45) is 0 Å². The fourth-order valence-corrected chi connectivity index (χ4v) is 3.50. The molecule has 1 aromatic heterocycles. The third-order valence-electron chi connectivity index (χ3n) is 2.72. The molecule has 0 unspecified atom stereocenters. The van der Waals surface area contributed by atoms with Crippen molar-refractivity contribution in [1.29, 1.82) is 0 Å². The predicted molar refractivity (Wildman–Crippen MR) is 67.1 cm³/mol. The molecule has 0 bridgehead atoms. The zero-order chi connectivity index (χ0) is 11.6. The van der Waals surface area contributed by atoms with E-state index < -0.39 is 0 Å². The SMILES string of the molecule is CN(C)C(c1cccs1)(N(C)C)N(C)C. The first kappa shape index (κ1) is 12.6. The number of hydrogen-bond donors (Lipinski definition) is 0. The van der Waals surface area contributed by atoms with Gasteiger partial charge in [-0.2, -0.15) is 0 Å². The standard InChI is InChI=1S/C11H21N3S/c1-12(2)11(13(3)4,14(5)6)10-8-7-9-15-10/h7-9H,1-6H3. The molecule has 1 aromatic rings. The molecular weight excluding hydrogens is 206 g/mol. The third-order valence-corrected chi connectivity index (χ3v) is 3.68. The Morgan fingerprint density at radius 3 is 1.67 bits per heavy atom. The Morgan fingerprint density at radius 2 is 1.40 bits per heavy atom. The Balaban J connectivity index is 3.27. The van der Waals surface area contributed by atoms with Gasteiger partial charge in [-0.25, -0.2) is 0 Å². The van der Waals surface area contributed by atoms with Gasteiger partial charge in [0.15, 0.2) is 5.79 Å². The first-order valence-corrected chi connectivity index (χ1v) is 5.88. The lowest BCUT2D eigenvalue weighted by Gasteiger charge is -2.49. The first-order valence-electron chi connectivity index (χ1n) is 5.00. The second kappa shape index (κ2) is 4.61. The molecule has 1 rings (SSSR count). The average Bonchev–Trinajstić information content (AvgIpc) is 2.55. The average molecular weight is 227 g/mol. The normalized spacial score (nSPS) is 13.1. The molecule has 0 aliphatic heterocycles. The van der Waals surface area contributed by atoms with Crippen LogP contribution >= 0.6 is 11.3 Å². The van der Waals surface area contributed by atoms with E-state index >= 15 is 0 Å². The van der Waals surface area contributed by atoms with E-state index in [0.717, 1.165) is 0 Å². The number of hydrogen-bond acceptors (Lipinski definition) is 4. The van der Waals surface area contributed by atoms with Crippen LogP contribution in [0.5, 0.6) is 0 Å². The van der Waals surface area contributed by atoms with Gasteiger partial charge in [-0.15, -0.1) is 11.3 Å². The highest BCUT2D eigenvalue weighted by Gasteiger charge is 2.40. The molecule has 0 saturated carbocycles. The van der Waals surface area contributed by atoms with Gasteiger partial charge in [0.1, 0.15) is 0 Å². The number of rotatable bonds is 4. The molecule has 0 atom stereocenters. The molecule has 0 saturated heterocycles. The molecule has 4 heteroatoms. The molecule has 0 aliphatic carbocycles. The molecule has 1 heterocycles. The van der Waals surface area contributed by atoms with Crippen LogP contribution in [-0.2, 0) is 5.79 Å². The van der Waals surface area contributed by atoms with Gasteiger partial charge in [-0.3, -0.25) is 14.7 Å². The van der Waals surface area contributed by atoms with Gasteiger partial charge in [-0.05, 0) is 53.7 Å². The fourth-order valence-electron chi connectivity index (χ4n) is 2.33. The maximum Gasteiger partial charge on any atom is 0.166 e. The summed E-state index contributed by atoms with van der Waals surface area (Å²) in [6, 6.07) is 4.29. The summed E-state index contributed by atoms with van der Waals surface area (Å²) < 4.78 is 0. The van der Waals surface area contributed by atoms with E-state index in [1.165, 1.54) is 4.88 Å². The summed E-state index contributed by atoms with van der Waals surface area (Å²) in [5.74, 6) is -0.159. The minimum Gasteiger partial charge on any atom is -0.274 e. The van der Waals surface area contributed by atoms with Crippen LogP contribution in [-0.4, -0.2) is 57.0 Å². The molecule has 3 nitrogen and oxygen atoms in total. The second-order valence-corrected chi connectivity index (χ2v) is 5.24. The van der Waals surface area contributed by atoms with Gasteiger partial charge in [0.05, 0.1) is 4.88 Å². The van der Waals surface area contributed by atoms with Crippen LogP contribution in [0.1, 0.15) is 4.88 Å². The first-order chi connectivity index (χ1) is 6.94. The smallest absolute Gasteiger partial charge is 0.166 e. The molecule has 0 N–H and O–H groups in total. The highest BCUT2D eigenvalue weighted by atomic mass is 32.1. The maximum atomic E-state index is 2.23. The van der Waals surface area contributed by atoms with E-state index in [0.29, 0.717) is 0 Å². The lowest BCUT2D eigenvalue weighted by atomic mass is 10.2. The molecular formula is C11H21N3S. The van der Waals surface area contributed by atoms with Crippen molar-refractivity contribution in [3.8, 4) is 0 Å². The summed E-state index contributed by atoms with van der Waals surface area (Å²) in [6.07, 6.45) is 0. The third kappa shape index (κ3) is 1.95. The van der Waals surface area contributed by atoms with Gasteiger partial charge >= 0.3 is 0 Å². The van der Waals surface area contributed by atoms with Crippen molar-refractivity contribution in [1.82, 2.24) is 14.7 Å². The molecule has 0 spiro atoms. The quantitative estimate of drug-likeness (QED) is 0.723. The maximum absolute atomic E-state index is 2.23. The van der Waals surface area contributed by atoms with Crippen molar-refractivity contribution < 1.29 is 0 Å². The van der Waals surface area contributed by atoms with E-state index in [1.54, 1.807) is 11.3 Å². The Morgan fingerprint density at radius 1 is 0.933 bits per heavy atom. The van der Waals surface area contributed by atoms with Crippen LogP contribution in [0.3, 0.4) is 0 Å². The van der Waals surface area contributed by atoms with E-state index in [4.69, 9.17) is 0 Å². The van der Waals surface area contributed by atoms with E-state index in [1.807, 2.05) is 0 Å². The van der Waals surface area contributed by atoms with Gasteiger partial charge in [-0.1, -0.05) is 6.07 Å². The molecule has 0 radical (unpaired) electrons. The summed E-state index contributed by atoms with van der Waals surface area (Å²) in [5.41, 5.74) is 0. The number of nitrogens with zero attached hydrogens (tertiary/aromatic N) is 3. The zero-order valence-corrected chi connectivity index (χ0v) is 11.3. The Hall–Kier alpha value is -0.420. The lowest BCUT2D eigenvalue weighted by molar-refractivity contribution is -0.113. The molecule has 15 heavy (non-hydrogen) atoms. The highest BCUT2D eigenvalue weighted by Crippen LogP contribution is 2.33. The van der Waals surface area contributed by atoms with Crippen LogP contribution in [0.2, 0.25) is 0 Å². The molecule has 0 aliphatic rings. The van der Waals surface area contributed by atoms with Crippen molar-refractivity contribution in [2.75, 3.05) is 42.3 Å². The van der Waals surface area contributed by atoms with Crippen LogP contribution < -0.4 is 0 Å². The van der Waals surface area contributed by atoms with Crippen molar-refractivity contribution in [2.45, 2.75) is 5.79 Å². The van der Waals surface area contributed by atoms with Gasteiger partial charge in [0.25, 0.3) is 0 Å².